The summed E-state index contributed by atoms with van der Waals surface area (Å²) in [6.45, 7) is 1.67. The molecule has 104 valence electrons. The molecule has 0 saturated heterocycles. The molecule has 8 nitrogen and oxygen atoms in total. The summed E-state index contributed by atoms with van der Waals surface area (Å²) in [7, 11) is 0. The monoisotopic (exact) mass is 279 g/mol. The summed E-state index contributed by atoms with van der Waals surface area (Å²) in [5.74, 6) is 4.34. The van der Waals surface area contributed by atoms with Gasteiger partial charge in [-0.1, -0.05) is 6.07 Å². The van der Waals surface area contributed by atoms with Crippen LogP contribution in [-0.2, 0) is 0 Å². The number of nitrogens with zero attached hydrogens (tertiary/aromatic N) is 3. The molecule has 0 unspecified atom stereocenters. The molecule has 0 saturated carbocycles. The molecule has 0 aliphatic rings. The third kappa shape index (κ3) is 2.78. The molecular weight excluding hydrogens is 269 g/mol. The Morgan fingerprint density at radius 1 is 1.50 bits per heavy atom. The van der Waals surface area contributed by atoms with Crippen molar-refractivity contribution in [1.82, 2.24) is 9.97 Å². The van der Waals surface area contributed by atoms with Crippen molar-refractivity contribution in [3.05, 3.63) is 45.9 Å². The van der Waals surface area contributed by atoms with E-state index in [1.165, 1.54) is 12.1 Å². The number of hydrogen-bond acceptors (Lipinski definition) is 7. The van der Waals surface area contributed by atoms with Gasteiger partial charge in [-0.15, -0.1) is 0 Å². The lowest BCUT2D eigenvalue weighted by Gasteiger charge is -2.08. The number of nitrogens with one attached hydrogen (secondary N) is 1. The molecule has 2 rings (SSSR count). The van der Waals surface area contributed by atoms with Gasteiger partial charge in [0, 0.05) is 6.07 Å². The number of anilines is 1. The Hall–Kier alpha value is -2.81. The number of benzene rings is 1. The van der Waals surface area contributed by atoms with Gasteiger partial charge in [-0.2, -0.15) is 4.98 Å². The van der Waals surface area contributed by atoms with E-state index >= 15 is 0 Å². The van der Waals surface area contributed by atoms with Crippen LogP contribution < -0.4 is 16.0 Å². The molecule has 1 aromatic heterocycles. The molecule has 0 atom stereocenters. The smallest absolute Gasteiger partial charge is 0.349 e. The predicted molar refractivity (Wildman–Crippen MR) is 67.7 cm³/mol. The zero-order valence-electron chi connectivity index (χ0n) is 10.3. The molecule has 0 aliphatic carbocycles. The second-order valence-electron chi connectivity index (χ2n) is 3.80. The average molecular weight is 279 g/mol. The fraction of sp³-hybridized carbons (Fsp3) is 0.0909. The van der Waals surface area contributed by atoms with E-state index in [2.05, 4.69) is 15.4 Å². The van der Waals surface area contributed by atoms with Gasteiger partial charge in [0.1, 0.15) is 17.8 Å². The Morgan fingerprint density at radius 2 is 2.25 bits per heavy atom. The third-order valence-electron chi connectivity index (χ3n) is 2.42. The lowest BCUT2D eigenvalue weighted by molar-refractivity contribution is -0.386. The van der Waals surface area contributed by atoms with Crippen LogP contribution in [0.25, 0.3) is 0 Å². The molecule has 0 bridgehead atoms. The number of rotatable bonds is 4. The van der Waals surface area contributed by atoms with Gasteiger partial charge in [0.2, 0.25) is 5.95 Å². The first kappa shape index (κ1) is 13.6. The number of hydrogen-bond donors (Lipinski definition) is 2. The molecule has 0 amide bonds. The topological polar surface area (TPSA) is 116 Å². The summed E-state index contributed by atoms with van der Waals surface area (Å²) in [5, 5.41) is 10.9. The van der Waals surface area contributed by atoms with Crippen molar-refractivity contribution in [2.45, 2.75) is 6.92 Å². The number of aryl methyl sites for hydroxylation is 1. The molecule has 3 N–H and O–H groups in total. The standard InChI is InChI=1S/C11H10FN5O3/c1-6-2-3-7(12)4-9(6)20-10-8(17(18)19)5-14-11(15-10)16-13/h2-5H,13H2,1H3,(H,14,15,16). The molecule has 0 fully saturated rings. The van der Waals surface area contributed by atoms with E-state index in [9.17, 15) is 14.5 Å². The summed E-state index contributed by atoms with van der Waals surface area (Å²) in [6.07, 6.45) is 0.951. The van der Waals surface area contributed by atoms with Crippen LogP contribution >= 0.6 is 0 Å². The lowest BCUT2D eigenvalue weighted by atomic mass is 10.2. The third-order valence-corrected chi connectivity index (χ3v) is 2.42. The minimum absolute atomic E-state index is 0.0559. The van der Waals surface area contributed by atoms with E-state index in [4.69, 9.17) is 10.6 Å². The van der Waals surface area contributed by atoms with Crippen molar-refractivity contribution in [1.29, 1.82) is 0 Å². The van der Waals surface area contributed by atoms with Gasteiger partial charge in [0.15, 0.2) is 0 Å². The molecule has 0 spiro atoms. The molecule has 0 aliphatic heterocycles. The second kappa shape index (κ2) is 5.45. The Bertz CT molecular complexity index is 665. The Balaban J connectivity index is 2.45. The van der Waals surface area contributed by atoms with E-state index < -0.39 is 16.4 Å². The zero-order valence-corrected chi connectivity index (χ0v) is 10.3. The van der Waals surface area contributed by atoms with E-state index in [0.29, 0.717) is 5.56 Å². The van der Waals surface area contributed by atoms with Crippen LogP contribution in [0.3, 0.4) is 0 Å². The maximum absolute atomic E-state index is 13.2. The van der Waals surface area contributed by atoms with Crippen LogP contribution in [0.4, 0.5) is 16.0 Å². The maximum Gasteiger partial charge on any atom is 0.349 e. The van der Waals surface area contributed by atoms with Crippen molar-refractivity contribution >= 4 is 11.6 Å². The van der Waals surface area contributed by atoms with E-state index in [-0.39, 0.29) is 17.6 Å². The number of hydrazine groups is 1. The number of aromatic nitrogens is 2. The number of nitro groups is 1. The minimum Gasteiger partial charge on any atom is -0.433 e. The fourth-order valence-corrected chi connectivity index (χ4v) is 1.42. The number of nitrogens with two attached hydrogens (primary N) is 1. The van der Waals surface area contributed by atoms with Crippen LogP contribution in [0, 0.1) is 22.9 Å². The lowest BCUT2D eigenvalue weighted by Crippen LogP contribution is -2.11. The average Bonchev–Trinajstić information content (AvgIpc) is 2.42. The molecule has 20 heavy (non-hydrogen) atoms. The Morgan fingerprint density at radius 3 is 2.90 bits per heavy atom. The molecule has 9 heteroatoms. The highest BCUT2D eigenvalue weighted by Crippen LogP contribution is 2.31. The van der Waals surface area contributed by atoms with Crippen molar-refractivity contribution in [2.24, 2.45) is 5.84 Å². The largest absolute Gasteiger partial charge is 0.433 e. The van der Waals surface area contributed by atoms with Crippen LogP contribution in [-0.4, -0.2) is 14.9 Å². The van der Waals surface area contributed by atoms with Gasteiger partial charge in [0.05, 0.1) is 4.92 Å². The van der Waals surface area contributed by atoms with Crippen molar-refractivity contribution in [3.63, 3.8) is 0 Å². The molecule has 0 radical (unpaired) electrons. The quantitative estimate of drug-likeness (QED) is 0.498. The predicted octanol–water partition coefficient (Wildman–Crippen LogP) is 1.91. The highest BCUT2D eigenvalue weighted by atomic mass is 19.1. The van der Waals surface area contributed by atoms with E-state index in [1.807, 2.05) is 0 Å². The first-order valence-electron chi connectivity index (χ1n) is 5.43. The van der Waals surface area contributed by atoms with Crippen LogP contribution in [0.15, 0.2) is 24.4 Å². The SMILES string of the molecule is Cc1ccc(F)cc1Oc1nc(NN)ncc1[N+](=O)[O-]. The normalized spacial score (nSPS) is 10.2. The molecule has 1 heterocycles. The second-order valence-corrected chi connectivity index (χ2v) is 3.80. The minimum atomic E-state index is -0.704. The van der Waals surface area contributed by atoms with Crippen molar-refractivity contribution < 1.29 is 14.1 Å². The summed E-state index contributed by atoms with van der Waals surface area (Å²) in [4.78, 5) is 17.5. The van der Waals surface area contributed by atoms with Crippen molar-refractivity contribution in [2.75, 3.05) is 5.43 Å². The molecular formula is C11H10FN5O3. The zero-order chi connectivity index (χ0) is 14.7. The maximum atomic E-state index is 13.2. The number of nitrogen functional groups attached to an aromatic ring is 1. The highest BCUT2D eigenvalue weighted by Gasteiger charge is 2.20. The Kier molecular flexibility index (Phi) is 3.71. The van der Waals surface area contributed by atoms with Crippen LogP contribution in [0.1, 0.15) is 5.56 Å². The van der Waals surface area contributed by atoms with E-state index in [0.717, 1.165) is 12.3 Å². The van der Waals surface area contributed by atoms with Gasteiger partial charge in [-0.05, 0) is 18.6 Å². The molecule has 2 aromatic rings. The highest BCUT2D eigenvalue weighted by molar-refractivity contribution is 5.46. The summed E-state index contributed by atoms with van der Waals surface area (Å²) in [6, 6.07) is 3.85. The van der Waals surface area contributed by atoms with Gasteiger partial charge in [-0.25, -0.2) is 15.2 Å². The molecule has 1 aromatic carbocycles. The van der Waals surface area contributed by atoms with Crippen molar-refractivity contribution in [3.8, 4) is 11.6 Å². The van der Waals surface area contributed by atoms with E-state index in [1.54, 1.807) is 6.92 Å². The first-order valence-corrected chi connectivity index (χ1v) is 5.43. The van der Waals surface area contributed by atoms with Gasteiger partial charge >= 0.3 is 11.6 Å². The van der Waals surface area contributed by atoms with Crippen LogP contribution in [0.5, 0.6) is 11.6 Å². The van der Waals surface area contributed by atoms with Crippen LogP contribution in [0.2, 0.25) is 0 Å². The van der Waals surface area contributed by atoms with Gasteiger partial charge in [0.25, 0.3) is 0 Å². The fourth-order valence-electron chi connectivity index (χ4n) is 1.42. The van der Waals surface area contributed by atoms with Gasteiger partial charge in [-0.3, -0.25) is 15.5 Å². The summed E-state index contributed by atoms with van der Waals surface area (Å²) in [5.41, 5.74) is 2.29. The number of ether oxygens (including phenoxy) is 1. The summed E-state index contributed by atoms with van der Waals surface area (Å²) < 4.78 is 18.5. The van der Waals surface area contributed by atoms with Gasteiger partial charge < -0.3 is 4.74 Å². The number of halogens is 1. The summed E-state index contributed by atoms with van der Waals surface area (Å²) >= 11 is 0. The first-order chi connectivity index (χ1) is 9.51. The Labute approximate surface area is 112 Å².